The van der Waals surface area contributed by atoms with Crippen molar-refractivity contribution >= 4 is 23.3 Å². The van der Waals surface area contributed by atoms with Gasteiger partial charge in [-0.05, 0) is 44.5 Å². The number of anilines is 2. The second-order valence-electron chi connectivity index (χ2n) is 9.13. The molecule has 2 aromatic rings. The average Bonchev–Trinajstić information content (AvgIpc) is 2.89. The number of hydrogen-bond donors (Lipinski definition) is 3. The maximum Gasteiger partial charge on any atom is 0.272 e. The van der Waals surface area contributed by atoms with Gasteiger partial charge in [0.1, 0.15) is 5.69 Å². The molecule has 2 aromatic heterocycles. The van der Waals surface area contributed by atoms with Gasteiger partial charge in [-0.1, -0.05) is 0 Å². The molecule has 0 bridgehead atoms. The lowest BCUT2D eigenvalue weighted by atomic mass is 10.2. The highest BCUT2D eigenvalue weighted by molar-refractivity contribution is 5.96. The molecular weight excluding hydrogens is 446 g/mol. The first-order chi connectivity index (χ1) is 17.0. The fourth-order valence-corrected chi connectivity index (χ4v) is 4.26. The summed E-state index contributed by atoms with van der Waals surface area (Å²) >= 11 is 0. The summed E-state index contributed by atoms with van der Waals surface area (Å²) in [6, 6.07) is 7.54. The molecule has 1 unspecified atom stereocenters. The second-order valence-corrected chi connectivity index (χ2v) is 9.13. The summed E-state index contributed by atoms with van der Waals surface area (Å²) in [4.78, 5) is 38.2. The van der Waals surface area contributed by atoms with Gasteiger partial charge in [0.25, 0.3) is 11.8 Å². The molecule has 188 valence electrons. The molecule has 0 aliphatic carbocycles. The van der Waals surface area contributed by atoms with Crippen molar-refractivity contribution in [2.75, 3.05) is 62.6 Å². The monoisotopic (exact) mass is 481 g/mol. The summed E-state index contributed by atoms with van der Waals surface area (Å²) < 4.78 is 5.64. The fraction of sp³-hybridized carbons (Fsp3) is 0.520. The van der Waals surface area contributed by atoms with Crippen molar-refractivity contribution in [1.29, 1.82) is 0 Å². The van der Waals surface area contributed by atoms with Crippen LogP contribution in [0.15, 0.2) is 36.7 Å². The number of hydrogen-bond acceptors (Lipinski definition) is 8. The minimum atomic E-state index is -0.199. The Balaban J connectivity index is 1.27. The van der Waals surface area contributed by atoms with E-state index in [0.717, 1.165) is 31.0 Å². The Morgan fingerprint density at radius 1 is 1.17 bits per heavy atom. The molecule has 35 heavy (non-hydrogen) atoms. The minimum Gasteiger partial charge on any atom is -0.380 e. The Morgan fingerprint density at radius 3 is 2.69 bits per heavy atom. The number of piperazine rings is 1. The summed E-state index contributed by atoms with van der Waals surface area (Å²) in [5, 5.41) is 9.61. The first-order valence-corrected chi connectivity index (χ1v) is 12.3. The van der Waals surface area contributed by atoms with Crippen LogP contribution in [0.5, 0.6) is 0 Å². The van der Waals surface area contributed by atoms with Crippen LogP contribution < -0.4 is 20.9 Å². The Labute approximate surface area is 206 Å². The number of ether oxygens (including phenoxy) is 1. The molecule has 2 saturated heterocycles. The smallest absolute Gasteiger partial charge is 0.272 e. The zero-order chi connectivity index (χ0) is 24.6. The molecule has 2 amide bonds. The van der Waals surface area contributed by atoms with Gasteiger partial charge in [-0.3, -0.25) is 14.6 Å². The van der Waals surface area contributed by atoms with E-state index in [2.05, 4.69) is 44.7 Å². The van der Waals surface area contributed by atoms with Crippen molar-refractivity contribution in [2.45, 2.75) is 32.4 Å². The molecule has 0 aromatic carbocycles. The highest BCUT2D eigenvalue weighted by Gasteiger charge is 2.25. The van der Waals surface area contributed by atoms with Crippen LogP contribution in [0.1, 0.15) is 41.1 Å². The van der Waals surface area contributed by atoms with Crippen LogP contribution in [0.2, 0.25) is 0 Å². The largest absolute Gasteiger partial charge is 0.380 e. The topological polar surface area (TPSA) is 112 Å². The maximum absolute atomic E-state index is 13.0. The van der Waals surface area contributed by atoms with Crippen LogP contribution in [0.25, 0.3) is 0 Å². The first kappa shape index (κ1) is 24.9. The van der Waals surface area contributed by atoms with Crippen molar-refractivity contribution in [3.05, 3.63) is 47.9 Å². The third-order valence-corrected chi connectivity index (χ3v) is 6.10. The molecule has 2 fully saturated rings. The van der Waals surface area contributed by atoms with E-state index in [1.165, 1.54) is 6.20 Å². The lowest BCUT2D eigenvalue weighted by Gasteiger charge is -2.36. The number of aromatic nitrogens is 2. The number of morpholine rings is 1. The first-order valence-electron chi connectivity index (χ1n) is 12.3. The van der Waals surface area contributed by atoms with Gasteiger partial charge in [0.15, 0.2) is 5.82 Å². The van der Waals surface area contributed by atoms with Gasteiger partial charge in [0.2, 0.25) is 0 Å². The predicted molar refractivity (Wildman–Crippen MR) is 135 cm³/mol. The standard InChI is InChI=1S/C25H35N7O3/c1-18(2)30-21-4-3-8-27-23(21)31-11-13-32(14-12-31)25(34)22-6-5-19(16-29-22)24(33)28-9-7-20-17-26-10-15-35-20/h3-6,8,16,18,20,26,30H,7,9-15,17H2,1-2H3,(H,28,33). The normalized spacial score (nSPS) is 18.4. The minimum absolute atomic E-state index is 0.123. The van der Waals surface area contributed by atoms with Gasteiger partial charge in [-0.2, -0.15) is 0 Å². The van der Waals surface area contributed by atoms with E-state index in [4.69, 9.17) is 4.74 Å². The molecule has 0 spiro atoms. The number of carbonyl (C=O) groups is 2. The third kappa shape index (κ3) is 6.67. The number of rotatable bonds is 8. The van der Waals surface area contributed by atoms with Crippen LogP contribution in [0.3, 0.4) is 0 Å². The average molecular weight is 482 g/mol. The molecule has 0 saturated carbocycles. The number of amides is 2. The molecule has 0 radical (unpaired) electrons. The Kier molecular flexibility index (Phi) is 8.49. The maximum atomic E-state index is 13.0. The molecule has 2 aliphatic rings. The SMILES string of the molecule is CC(C)Nc1cccnc1N1CCN(C(=O)c2ccc(C(=O)NCCC3CNCCO3)cn2)CC1. The number of carbonyl (C=O) groups excluding carboxylic acids is 2. The van der Waals surface area contributed by atoms with Crippen LogP contribution >= 0.6 is 0 Å². The molecule has 10 heteroatoms. The lowest BCUT2D eigenvalue weighted by Crippen LogP contribution is -2.49. The summed E-state index contributed by atoms with van der Waals surface area (Å²) in [7, 11) is 0. The Bertz CT molecular complexity index is 985. The molecule has 1 atom stereocenters. The molecule has 3 N–H and O–H groups in total. The quantitative estimate of drug-likeness (QED) is 0.518. The van der Waals surface area contributed by atoms with Crippen molar-refractivity contribution in [3.63, 3.8) is 0 Å². The molecule has 10 nitrogen and oxygen atoms in total. The fourth-order valence-electron chi connectivity index (χ4n) is 4.26. The Hall–Kier alpha value is -3.24. The Morgan fingerprint density at radius 2 is 2.00 bits per heavy atom. The molecule has 2 aliphatic heterocycles. The summed E-state index contributed by atoms with van der Waals surface area (Å²) in [5.74, 6) is 0.586. The van der Waals surface area contributed by atoms with Crippen LogP contribution in [0, 0.1) is 0 Å². The van der Waals surface area contributed by atoms with Crippen LogP contribution in [-0.2, 0) is 4.74 Å². The predicted octanol–water partition coefficient (Wildman–Crippen LogP) is 1.37. The van der Waals surface area contributed by atoms with Gasteiger partial charge in [0.05, 0.1) is 24.0 Å². The number of nitrogens with one attached hydrogen (secondary N) is 3. The van der Waals surface area contributed by atoms with Crippen molar-refractivity contribution in [1.82, 2.24) is 25.5 Å². The van der Waals surface area contributed by atoms with Gasteiger partial charge in [-0.25, -0.2) is 4.98 Å². The zero-order valence-electron chi connectivity index (χ0n) is 20.5. The van der Waals surface area contributed by atoms with Crippen molar-refractivity contribution in [2.24, 2.45) is 0 Å². The van der Waals surface area contributed by atoms with E-state index in [0.29, 0.717) is 56.6 Å². The summed E-state index contributed by atoms with van der Waals surface area (Å²) in [5.41, 5.74) is 1.78. The zero-order valence-corrected chi connectivity index (χ0v) is 20.5. The summed E-state index contributed by atoms with van der Waals surface area (Å²) in [6.45, 7) is 9.65. The van der Waals surface area contributed by atoms with Crippen LogP contribution in [0.4, 0.5) is 11.5 Å². The van der Waals surface area contributed by atoms with Crippen molar-refractivity contribution in [3.8, 4) is 0 Å². The van der Waals surface area contributed by atoms with E-state index >= 15 is 0 Å². The van der Waals surface area contributed by atoms with Gasteiger partial charge in [0, 0.05) is 64.2 Å². The third-order valence-electron chi connectivity index (χ3n) is 6.10. The van der Waals surface area contributed by atoms with E-state index in [-0.39, 0.29) is 17.9 Å². The van der Waals surface area contributed by atoms with Gasteiger partial charge in [-0.15, -0.1) is 0 Å². The van der Waals surface area contributed by atoms with Crippen molar-refractivity contribution < 1.29 is 14.3 Å². The second kappa shape index (κ2) is 11.9. The lowest BCUT2D eigenvalue weighted by molar-refractivity contribution is 0.0239. The highest BCUT2D eigenvalue weighted by atomic mass is 16.5. The molecule has 4 rings (SSSR count). The van der Waals surface area contributed by atoms with E-state index in [1.807, 2.05) is 12.1 Å². The van der Waals surface area contributed by atoms with Crippen LogP contribution in [-0.4, -0.2) is 91.2 Å². The molecule has 4 heterocycles. The summed E-state index contributed by atoms with van der Waals surface area (Å²) in [6.07, 6.45) is 4.14. The number of nitrogens with zero attached hydrogens (tertiary/aromatic N) is 4. The number of pyridine rings is 2. The van der Waals surface area contributed by atoms with Gasteiger partial charge < -0.3 is 30.5 Å². The highest BCUT2D eigenvalue weighted by Crippen LogP contribution is 2.24. The molecular formula is C25H35N7O3. The van der Waals surface area contributed by atoms with Gasteiger partial charge >= 0.3 is 0 Å². The van der Waals surface area contributed by atoms with E-state index in [1.54, 1.807) is 23.2 Å². The van der Waals surface area contributed by atoms with E-state index in [9.17, 15) is 9.59 Å². The van der Waals surface area contributed by atoms with E-state index < -0.39 is 0 Å².